The van der Waals surface area contributed by atoms with Crippen molar-refractivity contribution in [1.29, 1.82) is 0 Å². The monoisotopic (exact) mass is 507 g/mol. The van der Waals surface area contributed by atoms with Gasteiger partial charge in [0.05, 0.1) is 5.56 Å². The number of piperazine rings is 1. The molecule has 0 spiro atoms. The van der Waals surface area contributed by atoms with Crippen molar-refractivity contribution >= 4 is 36.0 Å². The highest BCUT2D eigenvalue weighted by atomic mass is 16.2. The standard InChI is InChI=1S/C15H17N3O4.C12H16N2O/c1-16-10-5-3-4-9(8-19)13(10)15(22)18(2)11-6-7-12(20)17-14(11)21;15-10-12-3-1-11(2-4-12)9-14-7-5-13-6-8-14/h3-5,8,11,16H,6-7H2,1-2H3,(H,17,20,21);1-4,10,13H,5-9H2. The molecule has 10 heteroatoms. The first-order valence-electron chi connectivity index (χ1n) is 12.2. The van der Waals surface area contributed by atoms with E-state index in [0.29, 0.717) is 12.0 Å². The van der Waals surface area contributed by atoms with Crippen molar-refractivity contribution in [1.82, 2.24) is 20.4 Å². The van der Waals surface area contributed by atoms with Crippen LogP contribution in [0.5, 0.6) is 0 Å². The molecule has 37 heavy (non-hydrogen) atoms. The molecule has 2 aromatic rings. The zero-order chi connectivity index (χ0) is 26.8. The van der Waals surface area contributed by atoms with E-state index in [0.717, 1.165) is 44.6 Å². The van der Waals surface area contributed by atoms with Crippen LogP contribution >= 0.6 is 0 Å². The summed E-state index contributed by atoms with van der Waals surface area (Å²) in [6, 6.07) is 12.0. The van der Waals surface area contributed by atoms with Crippen molar-refractivity contribution in [2.75, 3.05) is 45.6 Å². The normalized spacial score (nSPS) is 17.6. The van der Waals surface area contributed by atoms with Crippen molar-refractivity contribution in [3.8, 4) is 0 Å². The zero-order valence-electron chi connectivity index (χ0n) is 21.2. The van der Waals surface area contributed by atoms with Gasteiger partial charge in [0.25, 0.3) is 5.91 Å². The van der Waals surface area contributed by atoms with Crippen molar-refractivity contribution in [2.24, 2.45) is 0 Å². The van der Waals surface area contributed by atoms with Crippen LogP contribution in [0.25, 0.3) is 0 Å². The Labute approximate surface area is 216 Å². The van der Waals surface area contributed by atoms with Gasteiger partial charge in [-0.1, -0.05) is 36.4 Å². The van der Waals surface area contributed by atoms with E-state index in [9.17, 15) is 24.0 Å². The summed E-state index contributed by atoms with van der Waals surface area (Å²) in [5.74, 6) is -1.28. The van der Waals surface area contributed by atoms with Gasteiger partial charge in [-0.05, 0) is 18.1 Å². The molecule has 2 aliphatic heterocycles. The number of piperidine rings is 1. The predicted molar refractivity (Wildman–Crippen MR) is 140 cm³/mol. The number of anilines is 1. The molecule has 0 saturated carbocycles. The summed E-state index contributed by atoms with van der Waals surface area (Å²) in [5.41, 5.74) is 3.00. The molecule has 0 aromatic heterocycles. The number of amides is 3. The minimum Gasteiger partial charge on any atom is -0.387 e. The highest BCUT2D eigenvalue weighted by molar-refractivity contribution is 6.08. The molecule has 196 valence electrons. The maximum absolute atomic E-state index is 12.7. The Morgan fingerprint density at radius 2 is 1.78 bits per heavy atom. The SMILES string of the molecule is CNc1cccc(C=O)c1C(=O)N(C)C1CCC(=O)NC1=O.O=Cc1ccc(CN2CCNCC2)cc1. The highest BCUT2D eigenvalue weighted by Crippen LogP contribution is 2.22. The van der Waals surface area contributed by atoms with Gasteiger partial charge in [0, 0.05) is 70.1 Å². The van der Waals surface area contributed by atoms with Crippen LogP contribution in [0.1, 0.15) is 49.5 Å². The maximum Gasteiger partial charge on any atom is 0.257 e. The maximum atomic E-state index is 12.7. The minimum absolute atomic E-state index is 0.183. The van der Waals surface area contributed by atoms with Gasteiger partial charge in [-0.25, -0.2) is 0 Å². The number of aldehydes is 2. The number of carbonyl (C=O) groups excluding carboxylic acids is 5. The fourth-order valence-corrected chi connectivity index (χ4v) is 4.31. The lowest BCUT2D eigenvalue weighted by Gasteiger charge is -2.30. The first-order valence-corrected chi connectivity index (χ1v) is 12.2. The van der Waals surface area contributed by atoms with E-state index in [1.165, 1.54) is 17.5 Å². The number of rotatable bonds is 7. The van der Waals surface area contributed by atoms with E-state index in [-0.39, 0.29) is 29.9 Å². The van der Waals surface area contributed by atoms with Crippen molar-refractivity contribution < 1.29 is 24.0 Å². The summed E-state index contributed by atoms with van der Waals surface area (Å²) in [7, 11) is 3.13. The van der Waals surface area contributed by atoms with Crippen LogP contribution in [0.3, 0.4) is 0 Å². The van der Waals surface area contributed by atoms with E-state index < -0.39 is 17.9 Å². The van der Waals surface area contributed by atoms with Crippen LogP contribution in [0.4, 0.5) is 5.69 Å². The second-order valence-electron chi connectivity index (χ2n) is 8.91. The summed E-state index contributed by atoms with van der Waals surface area (Å²) in [6.45, 7) is 5.35. The van der Waals surface area contributed by atoms with Gasteiger partial charge in [0.1, 0.15) is 12.3 Å². The molecule has 1 atom stereocenters. The number of hydrogen-bond donors (Lipinski definition) is 3. The number of likely N-dealkylation sites (N-methyl/N-ethyl adjacent to an activating group) is 1. The van der Waals surface area contributed by atoms with Crippen molar-refractivity contribution in [3.05, 3.63) is 64.7 Å². The first-order chi connectivity index (χ1) is 17.9. The molecule has 2 aromatic carbocycles. The number of nitrogens with zero attached hydrogens (tertiary/aromatic N) is 2. The average Bonchev–Trinajstić information content (AvgIpc) is 2.93. The molecule has 4 rings (SSSR count). The van der Waals surface area contributed by atoms with E-state index >= 15 is 0 Å². The first kappa shape index (κ1) is 27.7. The number of benzene rings is 2. The van der Waals surface area contributed by atoms with E-state index in [2.05, 4.69) is 20.9 Å². The third-order valence-corrected chi connectivity index (χ3v) is 6.44. The Hall–Kier alpha value is -3.89. The molecule has 0 aliphatic carbocycles. The summed E-state index contributed by atoms with van der Waals surface area (Å²) in [6.07, 6.45) is 1.94. The lowest BCUT2D eigenvalue weighted by molar-refractivity contribution is -0.136. The van der Waals surface area contributed by atoms with Crippen LogP contribution < -0.4 is 16.0 Å². The molecule has 2 fully saturated rings. The predicted octanol–water partition coefficient (Wildman–Crippen LogP) is 1.32. The van der Waals surface area contributed by atoms with Gasteiger partial charge in [0.2, 0.25) is 11.8 Å². The van der Waals surface area contributed by atoms with E-state index in [4.69, 9.17) is 0 Å². The average molecular weight is 508 g/mol. The summed E-state index contributed by atoms with van der Waals surface area (Å²) >= 11 is 0. The molecule has 2 aliphatic rings. The van der Waals surface area contributed by atoms with Gasteiger partial charge in [-0.2, -0.15) is 0 Å². The number of nitrogens with one attached hydrogen (secondary N) is 3. The molecule has 3 amide bonds. The third kappa shape index (κ3) is 7.31. The van der Waals surface area contributed by atoms with Crippen LogP contribution in [0.15, 0.2) is 42.5 Å². The third-order valence-electron chi connectivity index (χ3n) is 6.44. The van der Waals surface area contributed by atoms with Crippen molar-refractivity contribution in [2.45, 2.75) is 25.4 Å². The topological polar surface area (TPSA) is 128 Å². The van der Waals surface area contributed by atoms with E-state index in [1.807, 2.05) is 24.3 Å². The van der Waals surface area contributed by atoms with Gasteiger partial charge in [0.15, 0.2) is 6.29 Å². The fraction of sp³-hybridized carbons (Fsp3) is 0.370. The van der Waals surface area contributed by atoms with Gasteiger partial charge in [-0.3, -0.25) is 34.2 Å². The summed E-state index contributed by atoms with van der Waals surface area (Å²) in [5, 5.41) is 8.41. The summed E-state index contributed by atoms with van der Waals surface area (Å²) < 4.78 is 0. The second kappa shape index (κ2) is 13.4. The van der Waals surface area contributed by atoms with Gasteiger partial charge >= 0.3 is 0 Å². The van der Waals surface area contributed by atoms with Crippen molar-refractivity contribution in [3.63, 3.8) is 0 Å². The molecule has 10 nitrogen and oxygen atoms in total. The number of imide groups is 1. The molecule has 2 saturated heterocycles. The Morgan fingerprint density at radius 3 is 2.38 bits per heavy atom. The van der Waals surface area contributed by atoms with E-state index in [1.54, 1.807) is 25.2 Å². The Kier molecular flexibility index (Phi) is 10.0. The van der Waals surface area contributed by atoms with Gasteiger partial charge in [-0.15, -0.1) is 0 Å². The second-order valence-corrected chi connectivity index (χ2v) is 8.91. The fourth-order valence-electron chi connectivity index (χ4n) is 4.31. The number of carbonyl (C=O) groups is 5. The Morgan fingerprint density at radius 1 is 1.08 bits per heavy atom. The smallest absolute Gasteiger partial charge is 0.257 e. The molecular formula is C27H33N5O5. The molecule has 3 N–H and O–H groups in total. The lowest BCUT2D eigenvalue weighted by atomic mass is 10.0. The lowest BCUT2D eigenvalue weighted by Crippen LogP contribution is -2.53. The molecular weight excluding hydrogens is 474 g/mol. The quantitative estimate of drug-likeness (QED) is 0.378. The minimum atomic E-state index is -0.727. The van der Waals surface area contributed by atoms with Crippen LogP contribution in [-0.4, -0.2) is 86.4 Å². The van der Waals surface area contributed by atoms with Crippen LogP contribution in [-0.2, 0) is 16.1 Å². The molecule has 0 bridgehead atoms. The largest absolute Gasteiger partial charge is 0.387 e. The van der Waals surface area contributed by atoms with Crippen LogP contribution in [0.2, 0.25) is 0 Å². The zero-order valence-corrected chi connectivity index (χ0v) is 21.2. The van der Waals surface area contributed by atoms with Gasteiger partial charge < -0.3 is 15.5 Å². The Bertz CT molecular complexity index is 1130. The molecule has 0 radical (unpaired) electrons. The summed E-state index contributed by atoms with van der Waals surface area (Å²) in [4.78, 5) is 61.1. The molecule has 2 heterocycles. The Balaban J connectivity index is 0.000000220. The molecule has 1 unspecified atom stereocenters. The van der Waals surface area contributed by atoms with Crippen LogP contribution in [0, 0.1) is 0 Å². The number of hydrogen-bond acceptors (Lipinski definition) is 8. The highest BCUT2D eigenvalue weighted by Gasteiger charge is 2.33.